The maximum absolute atomic E-state index is 11.5. The molecule has 6 heteroatoms. The van der Waals surface area contributed by atoms with E-state index in [4.69, 9.17) is 5.73 Å². The molecule has 0 radical (unpaired) electrons. The van der Waals surface area contributed by atoms with Gasteiger partial charge in [0, 0.05) is 6.20 Å². The summed E-state index contributed by atoms with van der Waals surface area (Å²) in [5.41, 5.74) is 8.82. The quantitative estimate of drug-likeness (QED) is 0.885. The molecule has 0 saturated heterocycles. The lowest BCUT2D eigenvalue weighted by Crippen LogP contribution is -2.18. The summed E-state index contributed by atoms with van der Waals surface area (Å²) in [6, 6.07) is 1.91. The van der Waals surface area contributed by atoms with Crippen LogP contribution in [0.25, 0.3) is 0 Å². The van der Waals surface area contributed by atoms with Crippen molar-refractivity contribution in [3.63, 3.8) is 0 Å². The van der Waals surface area contributed by atoms with E-state index in [-0.39, 0.29) is 5.69 Å². The minimum Gasteiger partial charge on any atom is -0.364 e. The van der Waals surface area contributed by atoms with Gasteiger partial charge < -0.3 is 11.1 Å². The summed E-state index contributed by atoms with van der Waals surface area (Å²) >= 11 is 0. The molecule has 0 fully saturated rings. The van der Waals surface area contributed by atoms with Crippen LogP contribution in [0.2, 0.25) is 0 Å². The molecule has 0 aliphatic rings. The van der Waals surface area contributed by atoms with Crippen LogP contribution in [-0.2, 0) is 6.42 Å². The number of hydrogen-bond donors (Lipinski definition) is 2. The molecule has 0 unspecified atom stereocenters. The van der Waals surface area contributed by atoms with Gasteiger partial charge in [0.05, 0.1) is 23.3 Å². The van der Waals surface area contributed by atoms with Crippen molar-refractivity contribution in [3.8, 4) is 0 Å². The van der Waals surface area contributed by atoms with Crippen molar-refractivity contribution in [2.75, 3.05) is 5.32 Å². The van der Waals surface area contributed by atoms with Crippen LogP contribution in [0.5, 0.6) is 0 Å². The van der Waals surface area contributed by atoms with Crippen LogP contribution >= 0.6 is 0 Å². The van der Waals surface area contributed by atoms with Crippen LogP contribution in [0.1, 0.15) is 34.4 Å². The Balaban J connectivity index is 2.45. The van der Waals surface area contributed by atoms with E-state index in [1.54, 1.807) is 12.4 Å². The van der Waals surface area contributed by atoms with Gasteiger partial charge in [0.2, 0.25) is 0 Å². The van der Waals surface area contributed by atoms with Crippen molar-refractivity contribution in [3.05, 3.63) is 41.1 Å². The fraction of sp³-hybridized carbons (Fsp3) is 0.286. The highest BCUT2D eigenvalue weighted by molar-refractivity contribution is 5.96. The van der Waals surface area contributed by atoms with Crippen LogP contribution in [-0.4, -0.2) is 20.9 Å². The second-order valence-electron chi connectivity index (χ2n) is 4.55. The van der Waals surface area contributed by atoms with Crippen LogP contribution in [0, 0.1) is 13.8 Å². The summed E-state index contributed by atoms with van der Waals surface area (Å²) in [4.78, 5) is 24.3. The van der Waals surface area contributed by atoms with Crippen LogP contribution in [0.4, 0.5) is 11.5 Å². The fourth-order valence-electron chi connectivity index (χ4n) is 1.91. The summed E-state index contributed by atoms with van der Waals surface area (Å²) in [5, 5.41) is 3.05. The number of anilines is 2. The van der Waals surface area contributed by atoms with E-state index in [1.807, 2.05) is 26.8 Å². The Labute approximate surface area is 117 Å². The molecule has 0 aliphatic carbocycles. The van der Waals surface area contributed by atoms with E-state index < -0.39 is 5.91 Å². The molecular weight excluding hydrogens is 254 g/mol. The largest absolute Gasteiger partial charge is 0.364 e. The van der Waals surface area contributed by atoms with E-state index in [2.05, 4.69) is 20.3 Å². The zero-order valence-electron chi connectivity index (χ0n) is 11.8. The van der Waals surface area contributed by atoms with Crippen molar-refractivity contribution >= 4 is 17.4 Å². The minimum absolute atomic E-state index is 0.147. The van der Waals surface area contributed by atoms with Gasteiger partial charge >= 0.3 is 0 Å². The molecule has 0 aliphatic heterocycles. The monoisotopic (exact) mass is 271 g/mol. The molecule has 0 aromatic carbocycles. The number of hydrogen-bond acceptors (Lipinski definition) is 5. The van der Waals surface area contributed by atoms with Crippen LogP contribution in [0.3, 0.4) is 0 Å². The number of nitrogens with one attached hydrogen (secondary N) is 1. The first-order valence-corrected chi connectivity index (χ1v) is 6.37. The van der Waals surface area contributed by atoms with Gasteiger partial charge in [0.1, 0.15) is 0 Å². The molecule has 1 amide bonds. The SMILES string of the molecule is CCc1nc(C(N)=O)c(Nc2cncc(C)c2)nc1C. The van der Waals surface area contributed by atoms with Gasteiger partial charge in [-0.3, -0.25) is 9.78 Å². The van der Waals surface area contributed by atoms with Gasteiger partial charge in [-0.1, -0.05) is 6.92 Å². The predicted octanol–water partition coefficient (Wildman–Crippen LogP) is 1.89. The molecule has 2 rings (SSSR count). The number of carbonyl (C=O) groups is 1. The summed E-state index contributed by atoms with van der Waals surface area (Å²) in [6.07, 6.45) is 4.10. The van der Waals surface area contributed by atoms with Gasteiger partial charge in [-0.25, -0.2) is 9.97 Å². The molecule has 0 saturated carbocycles. The van der Waals surface area contributed by atoms with Crippen LogP contribution in [0.15, 0.2) is 18.5 Å². The Kier molecular flexibility index (Phi) is 3.93. The maximum atomic E-state index is 11.5. The molecule has 104 valence electrons. The zero-order valence-corrected chi connectivity index (χ0v) is 11.8. The van der Waals surface area contributed by atoms with Crippen LogP contribution < -0.4 is 11.1 Å². The second kappa shape index (κ2) is 5.64. The Bertz CT molecular complexity index is 654. The maximum Gasteiger partial charge on any atom is 0.271 e. The van der Waals surface area contributed by atoms with Gasteiger partial charge in [0.15, 0.2) is 11.5 Å². The number of carbonyl (C=O) groups excluding carboxylic acids is 1. The van der Waals surface area contributed by atoms with Crippen molar-refractivity contribution in [2.45, 2.75) is 27.2 Å². The summed E-state index contributed by atoms with van der Waals surface area (Å²) in [5.74, 6) is -0.241. The predicted molar refractivity (Wildman–Crippen MR) is 76.9 cm³/mol. The number of nitrogens with zero attached hydrogens (tertiary/aromatic N) is 3. The number of aromatic nitrogens is 3. The lowest BCUT2D eigenvalue weighted by atomic mass is 10.2. The number of aryl methyl sites for hydroxylation is 3. The summed E-state index contributed by atoms with van der Waals surface area (Å²) in [7, 11) is 0. The van der Waals surface area contributed by atoms with E-state index in [9.17, 15) is 4.79 Å². The van der Waals surface area contributed by atoms with E-state index in [0.29, 0.717) is 12.2 Å². The zero-order chi connectivity index (χ0) is 14.7. The highest BCUT2D eigenvalue weighted by Gasteiger charge is 2.15. The van der Waals surface area contributed by atoms with E-state index in [0.717, 1.165) is 22.6 Å². The van der Waals surface area contributed by atoms with Crippen molar-refractivity contribution in [1.82, 2.24) is 15.0 Å². The molecule has 2 aromatic rings. The number of amides is 1. The molecule has 2 aromatic heterocycles. The molecule has 20 heavy (non-hydrogen) atoms. The molecule has 0 bridgehead atoms. The third kappa shape index (κ3) is 2.90. The lowest BCUT2D eigenvalue weighted by molar-refractivity contribution is 0.0996. The molecular formula is C14H17N5O. The minimum atomic E-state index is -0.602. The standard InChI is InChI=1S/C14H17N5O/c1-4-11-9(3)17-14(12(19-11)13(15)20)18-10-5-8(2)6-16-7-10/h5-7H,4H2,1-3H3,(H2,15,20)(H,17,18). The first kappa shape index (κ1) is 13.9. The van der Waals surface area contributed by atoms with E-state index in [1.165, 1.54) is 0 Å². The van der Waals surface area contributed by atoms with Gasteiger partial charge in [-0.05, 0) is 31.9 Å². The third-order valence-corrected chi connectivity index (χ3v) is 2.87. The Morgan fingerprint density at radius 1 is 1.30 bits per heavy atom. The average Bonchev–Trinajstić information content (AvgIpc) is 2.38. The van der Waals surface area contributed by atoms with Gasteiger partial charge in [-0.2, -0.15) is 0 Å². The molecule has 0 atom stereocenters. The summed E-state index contributed by atoms with van der Waals surface area (Å²) < 4.78 is 0. The molecule has 0 spiro atoms. The average molecular weight is 271 g/mol. The molecule has 2 heterocycles. The number of rotatable bonds is 4. The van der Waals surface area contributed by atoms with Crippen molar-refractivity contribution in [2.24, 2.45) is 5.73 Å². The number of pyridine rings is 1. The second-order valence-corrected chi connectivity index (χ2v) is 4.55. The Hall–Kier alpha value is -2.50. The molecule has 6 nitrogen and oxygen atoms in total. The first-order valence-electron chi connectivity index (χ1n) is 6.37. The third-order valence-electron chi connectivity index (χ3n) is 2.87. The smallest absolute Gasteiger partial charge is 0.271 e. The first-order chi connectivity index (χ1) is 9.51. The fourth-order valence-corrected chi connectivity index (χ4v) is 1.91. The van der Waals surface area contributed by atoms with Crippen molar-refractivity contribution < 1.29 is 4.79 Å². The Morgan fingerprint density at radius 3 is 2.65 bits per heavy atom. The Morgan fingerprint density at radius 2 is 2.05 bits per heavy atom. The highest BCUT2D eigenvalue weighted by atomic mass is 16.1. The number of nitrogens with two attached hydrogens (primary N) is 1. The van der Waals surface area contributed by atoms with Crippen molar-refractivity contribution in [1.29, 1.82) is 0 Å². The number of primary amides is 1. The molecule has 3 N–H and O–H groups in total. The van der Waals surface area contributed by atoms with Gasteiger partial charge in [0.25, 0.3) is 5.91 Å². The van der Waals surface area contributed by atoms with E-state index >= 15 is 0 Å². The summed E-state index contributed by atoms with van der Waals surface area (Å²) in [6.45, 7) is 5.75. The van der Waals surface area contributed by atoms with Gasteiger partial charge in [-0.15, -0.1) is 0 Å². The highest BCUT2D eigenvalue weighted by Crippen LogP contribution is 2.19. The lowest BCUT2D eigenvalue weighted by Gasteiger charge is -2.11. The topological polar surface area (TPSA) is 93.8 Å². The normalized spacial score (nSPS) is 10.3.